The van der Waals surface area contributed by atoms with Gasteiger partial charge in [0.1, 0.15) is 11.5 Å². The fourth-order valence-electron chi connectivity index (χ4n) is 2.03. The summed E-state index contributed by atoms with van der Waals surface area (Å²) >= 11 is 0. The highest BCUT2D eigenvalue weighted by molar-refractivity contribution is 5.88. The van der Waals surface area contributed by atoms with Gasteiger partial charge in [0, 0.05) is 36.8 Å². The van der Waals surface area contributed by atoms with Gasteiger partial charge >= 0.3 is 0 Å². The molecule has 0 saturated heterocycles. The van der Waals surface area contributed by atoms with Crippen LogP contribution in [0.1, 0.15) is 0 Å². The van der Waals surface area contributed by atoms with Gasteiger partial charge in [-0.25, -0.2) is 0 Å². The van der Waals surface area contributed by atoms with Crippen LogP contribution in [-0.2, 0) is 6.54 Å². The number of benzene rings is 1. The third kappa shape index (κ3) is 2.43. The second-order valence-corrected chi connectivity index (χ2v) is 4.57. The lowest BCUT2D eigenvalue weighted by Crippen LogP contribution is -2.17. The van der Waals surface area contributed by atoms with Crippen molar-refractivity contribution in [3.63, 3.8) is 0 Å². The van der Waals surface area contributed by atoms with Gasteiger partial charge in [0.05, 0.1) is 19.7 Å². The highest BCUT2D eigenvalue weighted by atomic mass is 16.5. The number of aromatic nitrogens is 1. The van der Waals surface area contributed by atoms with E-state index in [0.717, 1.165) is 35.5 Å². The maximum atomic E-state index is 5.41. The highest BCUT2D eigenvalue weighted by Crippen LogP contribution is 2.31. The van der Waals surface area contributed by atoms with Crippen molar-refractivity contribution in [3.05, 3.63) is 24.4 Å². The summed E-state index contributed by atoms with van der Waals surface area (Å²) in [5.41, 5.74) is 1.15. The largest absolute Gasteiger partial charge is 0.497 e. The van der Waals surface area contributed by atoms with Gasteiger partial charge in [-0.3, -0.25) is 0 Å². The van der Waals surface area contributed by atoms with E-state index in [1.54, 1.807) is 14.2 Å². The molecule has 0 amide bonds. The van der Waals surface area contributed by atoms with E-state index in [4.69, 9.17) is 9.47 Å². The van der Waals surface area contributed by atoms with Crippen molar-refractivity contribution in [1.29, 1.82) is 0 Å². The van der Waals surface area contributed by atoms with Crippen LogP contribution in [0.25, 0.3) is 10.9 Å². The van der Waals surface area contributed by atoms with Crippen molar-refractivity contribution in [3.8, 4) is 11.5 Å². The Kier molecular flexibility index (Phi) is 3.77. The van der Waals surface area contributed by atoms with Gasteiger partial charge in [0.25, 0.3) is 0 Å². The summed E-state index contributed by atoms with van der Waals surface area (Å²) < 4.78 is 12.9. The zero-order chi connectivity index (χ0) is 13.1. The summed E-state index contributed by atoms with van der Waals surface area (Å²) in [4.78, 5) is 2.17. The smallest absolute Gasteiger partial charge is 0.131 e. The van der Waals surface area contributed by atoms with E-state index < -0.39 is 0 Å². The monoisotopic (exact) mass is 248 g/mol. The number of rotatable bonds is 5. The summed E-state index contributed by atoms with van der Waals surface area (Å²) in [6.07, 6.45) is 2.09. The molecule has 4 nitrogen and oxygen atoms in total. The SMILES string of the molecule is COc1cc(OC)c2ccn(CCN(C)C)c2c1. The predicted molar refractivity (Wildman–Crippen MR) is 73.6 cm³/mol. The van der Waals surface area contributed by atoms with Crippen LogP contribution in [0.15, 0.2) is 24.4 Å². The summed E-state index contributed by atoms with van der Waals surface area (Å²) in [7, 11) is 7.51. The summed E-state index contributed by atoms with van der Waals surface area (Å²) in [5, 5.41) is 1.12. The third-order valence-electron chi connectivity index (χ3n) is 3.07. The third-order valence-corrected chi connectivity index (χ3v) is 3.07. The Morgan fingerprint density at radius 2 is 1.94 bits per heavy atom. The Morgan fingerprint density at radius 1 is 1.17 bits per heavy atom. The van der Waals surface area contributed by atoms with Gasteiger partial charge < -0.3 is 18.9 Å². The van der Waals surface area contributed by atoms with Crippen LogP contribution in [0.2, 0.25) is 0 Å². The minimum atomic E-state index is 0.823. The van der Waals surface area contributed by atoms with Crippen molar-refractivity contribution >= 4 is 10.9 Å². The van der Waals surface area contributed by atoms with Crippen LogP contribution in [0, 0.1) is 0 Å². The van der Waals surface area contributed by atoms with Crippen molar-refractivity contribution in [2.75, 3.05) is 34.9 Å². The molecule has 0 unspecified atom stereocenters. The zero-order valence-electron chi connectivity index (χ0n) is 11.4. The number of fused-ring (bicyclic) bond motifs is 1. The van der Waals surface area contributed by atoms with Crippen LogP contribution in [-0.4, -0.2) is 44.3 Å². The summed E-state index contributed by atoms with van der Waals surface area (Å²) in [5.74, 6) is 1.68. The number of hydrogen-bond acceptors (Lipinski definition) is 3. The number of methoxy groups -OCH3 is 2. The molecule has 0 N–H and O–H groups in total. The molecule has 0 saturated carbocycles. The number of hydrogen-bond donors (Lipinski definition) is 0. The normalized spacial score (nSPS) is 11.2. The molecule has 2 rings (SSSR count). The van der Waals surface area contributed by atoms with E-state index in [0.29, 0.717) is 0 Å². The van der Waals surface area contributed by atoms with Gasteiger partial charge in [0.2, 0.25) is 0 Å². The maximum absolute atomic E-state index is 5.41. The Balaban J connectivity index is 2.43. The molecule has 0 radical (unpaired) electrons. The minimum Gasteiger partial charge on any atom is -0.497 e. The predicted octanol–water partition coefficient (Wildman–Crippen LogP) is 2.22. The lowest BCUT2D eigenvalue weighted by Gasteiger charge is -2.12. The van der Waals surface area contributed by atoms with E-state index in [2.05, 4.69) is 35.8 Å². The second kappa shape index (κ2) is 5.31. The lowest BCUT2D eigenvalue weighted by molar-refractivity contribution is 0.386. The average molecular weight is 248 g/mol. The molecule has 4 heteroatoms. The van der Waals surface area contributed by atoms with Crippen LogP contribution in [0.5, 0.6) is 11.5 Å². The van der Waals surface area contributed by atoms with Crippen molar-refractivity contribution < 1.29 is 9.47 Å². The van der Waals surface area contributed by atoms with E-state index in [-0.39, 0.29) is 0 Å². The zero-order valence-corrected chi connectivity index (χ0v) is 11.4. The molecular formula is C14H20N2O2. The Hall–Kier alpha value is -1.68. The van der Waals surface area contributed by atoms with Gasteiger partial charge in [-0.1, -0.05) is 0 Å². The first-order chi connectivity index (χ1) is 8.65. The molecule has 0 fully saturated rings. The molecule has 0 atom stereocenters. The molecule has 98 valence electrons. The van der Waals surface area contributed by atoms with Crippen molar-refractivity contribution in [1.82, 2.24) is 9.47 Å². The molecule has 0 aliphatic carbocycles. The summed E-state index contributed by atoms with van der Waals surface area (Å²) in [6, 6.07) is 6.05. The van der Waals surface area contributed by atoms with Crippen LogP contribution >= 0.6 is 0 Å². The van der Waals surface area contributed by atoms with Crippen molar-refractivity contribution in [2.45, 2.75) is 6.54 Å². The molecule has 1 heterocycles. The summed E-state index contributed by atoms with van der Waals surface area (Å²) in [6.45, 7) is 1.95. The Morgan fingerprint density at radius 3 is 2.56 bits per heavy atom. The van der Waals surface area contributed by atoms with Gasteiger partial charge in [-0.05, 0) is 20.2 Å². The number of likely N-dealkylation sites (N-methyl/N-ethyl adjacent to an activating group) is 1. The van der Waals surface area contributed by atoms with Crippen LogP contribution in [0.3, 0.4) is 0 Å². The Bertz CT molecular complexity index is 532. The first-order valence-corrected chi connectivity index (χ1v) is 6.01. The standard InChI is InChI=1S/C14H20N2O2/c1-15(2)7-8-16-6-5-12-13(16)9-11(17-3)10-14(12)18-4/h5-6,9-10H,7-8H2,1-4H3. The molecule has 1 aromatic heterocycles. The van der Waals surface area contributed by atoms with Crippen LogP contribution in [0.4, 0.5) is 0 Å². The Labute approximate surface area is 108 Å². The topological polar surface area (TPSA) is 26.6 Å². The molecule has 0 aliphatic heterocycles. The first-order valence-electron chi connectivity index (χ1n) is 6.01. The molecule has 2 aromatic rings. The molecule has 0 bridgehead atoms. The lowest BCUT2D eigenvalue weighted by atomic mass is 10.2. The van der Waals surface area contributed by atoms with Gasteiger partial charge in [-0.2, -0.15) is 0 Å². The second-order valence-electron chi connectivity index (χ2n) is 4.57. The number of ether oxygens (including phenoxy) is 2. The molecular weight excluding hydrogens is 228 g/mol. The number of nitrogens with zero attached hydrogens (tertiary/aromatic N) is 2. The fraction of sp³-hybridized carbons (Fsp3) is 0.429. The van der Waals surface area contributed by atoms with Crippen LogP contribution < -0.4 is 9.47 Å². The average Bonchev–Trinajstić information content (AvgIpc) is 2.78. The fourth-order valence-corrected chi connectivity index (χ4v) is 2.03. The molecule has 18 heavy (non-hydrogen) atoms. The highest BCUT2D eigenvalue weighted by Gasteiger charge is 2.09. The minimum absolute atomic E-state index is 0.823. The molecule has 1 aromatic carbocycles. The first kappa shape index (κ1) is 12.8. The van der Waals surface area contributed by atoms with E-state index in [9.17, 15) is 0 Å². The van der Waals surface area contributed by atoms with Gasteiger partial charge in [0.15, 0.2) is 0 Å². The molecule has 0 aliphatic rings. The van der Waals surface area contributed by atoms with Crippen molar-refractivity contribution in [2.24, 2.45) is 0 Å². The quantitative estimate of drug-likeness (QED) is 0.811. The molecule has 0 spiro atoms. The van der Waals surface area contributed by atoms with Gasteiger partial charge in [-0.15, -0.1) is 0 Å². The maximum Gasteiger partial charge on any atom is 0.131 e. The van der Waals surface area contributed by atoms with E-state index in [1.807, 2.05) is 12.1 Å². The van der Waals surface area contributed by atoms with E-state index >= 15 is 0 Å². The van der Waals surface area contributed by atoms with E-state index in [1.165, 1.54) is 0 Å².